The van der Waals surface area contributed by atoms with E-state index in [9.17, 15) is 9.59 Å². The molecule has 1 unspecified atom stereocenters. The van der Waals surface area contributed by atoms with Crippen LogP contribution in [0.4, 0.5) is 0 Å². The predicted octanol–water partition coefficient (Wildman–Crippen LogP) is 1.44. The molecule has 18 heavy (non-hydrogen) atoms. The van der Waals surface area contributed by atoms with Crippen molar-refractivity contribution in [2.24, 2.45) is 5.92 Å². The van der Waals surface area contributed by atoms with Crippen molar-refractivity contribution in [1.29, 1.82) is 0 Å². The summed E-state index contributed by atoms with van der Waals surface area (Å²) in [5, 5.41) is 6.03. The van der Waals surface area contributed by atoms with E-state index in [2.05, 4.69) is 16.8 Å². The lowest BCUT2D eigenvalue weighted by atomic mass is 10.0. The molecule has 1 heterocycles. The maximum absolute atomic E-state index is 12.3. The van der Waals surface area contributed by atoms with Crippen molar-refractivity contribution in [3.8, 4) is 0 Å². The Labute approximate surface area is 107 Å². The van der Waals surface area contributed by atoms with Crippen LogP contribution in [0, 0.1) is 5.92 Å². The van der Waals surface area contributed by atoms with Gasteiger partial charge in [0.05, 0.1) is 0 Å². The first kappa shape index (κ1) is 14.2. The third-order valence-corrected chi connectivity index (χ3v) is 2.94. The lowest BCUT2D eigenvalue weighted by molar-refractivity contribution is 0.0667. The highest BCUT2D eigenvalue weighted by molar-refractivity contribution is 5.92. The fourth-order valence-electron chi connectivity index (χ4n) is 1.54. The maximum atomic E-state index is 12.3. The summed E-state index contributed by atoms with van der Waals surface area (Å²) in [6.45, 7) is 10.2. The third-order valence-electron chi connectivity index (χ3n) is 2.94. The summed E-state index contributed by atoms with van der Waals surface area (Å²) in [5.74, 6) is 0.129. The van der Waals surface area contributed by atoms with Crippen LogP contribution in [0.25, 0.3) is 0 Å². The van der Waals surface area contributed by atoms with Gasteiger partial charge >= 0.3 is 0 Å². The smallest absolute Gasteiger partial charge is 0.274 e. The van der Waals surface area contributed by atoms with Crippen LogP contribution in [0.2, 0.25) is 0 Å². The van der Waals surface area contributed by atoms with Crippen LogP contribution in [0.5, 0.6) is 0 Å². The Morgan fingerprint density at radius 2 is 2.17 bits per heavy atom. The highest BCUT2D eigenvalue weighted by Gasteiger charge is 2.23. The van der Waals surface area contributed by atoms with E-state index < -0.39 is 0 Å². The molecule has 98 valence electrons. The van der Waals surface area contributed by atoms with Gasteiger partial charge in [-0.15, -0.1) is 6.58 Å². The molecule has 0 saturated carbocycles. The van der Waals surface area contributed by atoms with Gasteiger partial charge in [-0.2, -0.15) is 5.10 Å². The number of amides is 1. The molecule has 5 heteroatoms. The fourth-order valence-corrected chi connectivity index (χ4v) is 1.54. The molecule has 1 atom stereocenters. The minimum atomic E-state index is -0.321. The van der Waals surface area contributed by atoms with Crippen LogP contribution in [0.1, 0.15) is 31.3 Å². The highest BCUT2D eigenvalue weighted by atomic mass is 16.2. The van der Waals surface area contributed by atoms with Gasteiger partial charge in [0, 0.05) is 18.7 Å². The van der Waals surface area contributed by atoms with Gasteiger partial charge in [0.2, 0.25) is 0 Å². The summed E-state index contributed by atoms with van der Waals surface area (Å²) >= 11 is 0. The van der Waals surface area contributed by atoms with Gasteiger partial charge in [0.15, 0.2) is 0 Å². The molecule has 0 saturated heterocycles. The van der Waals surface area contributed by atoms with E-state index in [0.29, 0.717) is 12.5 Å². The maximum Gasteiger partial charge on any atom is 0.274 e. The molecule has 5 nitrogen and oxygen atoms in total. The second kappa shape index (κ2) is 6.14. The average molecular weight is 249 g/mol. The van der Waals surface area contributed by atoms with E-state index in [-0.39, 0.29) is 23.2 Å². The van der Waals surface area contributed by atoms with Gasteiger partial charge < -0.3 is 4.90 Å². The lowest BCUT2D eigenvalue weighted by Gasteiger charge is -2.30. The minimum absolute atomic E-state index is 0.0734. The predicted molar refractivity (Wildman–Crippen MR) is 70.4 cm³/mol. The molecule has 1 aromatic rings. The van der Waals surface area contributed by atoms with Crippen molar-refractivity contribution in [2.45, 2.75) is 26.8 Å². The molecule has 1 aromatic heterocycles. The topological polar surface area (TPSA) is 66.1 Å². The molecular formula is C13H19N3O2. The largest absolute Gasteiger partial charge is 0.331 e. The van der Waals surface area contributed by atoms with Gasteiger partial charge in [-0.3, -0.25) is 9.59 Å². The van der Waals surface area contributed by atoms with Gasteiger partial charge in [-0.1, -0.05) is 19.9 Å². The van der Waals surface area contributed by atoms with Gasteiger partial charge in [0.25, 0.3) is 11.5 Å². The summed E-state index contributed by atoms with van der Waals surface area (Å²) in [6, 6.07) is 2.81. The van der Waals surface area contributed by atoms with Crippen LogP contribution in [-0.4, -0.2) is 33.6 Å². The molecule has 0 aliphatic carbocycles. The van der Waals surface area contributed by atoms with Gasteiger partial charge in [-0.05, 0) is 18.9 Å². The van der Waals surface area contributed by atoms with E-state index in [1.54, 1.807) is 11.0 Å². The molecule has 1 amide bonds. The second-order valence-corrected chi connectivity index (χ2v) is 4.54. The quantitative estimate of drug-likeness (QED) is 0.803. The third kappa shape index (κ3) is 3.29. The van der Waals surface area contributed by atoms with Crippen LogP contribution < -0.4 is 5.56 Å². The van der Waals surface area contributed by atoms with E-state index in [1.807, 2.05) is 20.8 Å². The number of nitrogens with zero attached hydrogens (tertiary/aromatic N) is 2. The Hall–Kier alpha value is -1.91. The van der Waals surface area contributed by atoms with Crippen molar-refractivity contribution in [3.05, 3.63) is 40.8 Å². The molecule has 0 aliphatic heterocycles. The van der Waals surface area contributed by atoms with E-state index >= 15 is 0 Å². The Morgan fingerprint density at radius 1 is 1.50 bits per heavy atom. The SMILES string of the molecule is C=CCN(C(=O)c1ccc(=O)[nH]n1)C(C)C(C)C. The highest BCUT2D eigenvalue weighted by Crippen LogP contribution is 2.12. The molecule has 1 rings (SSSR count). The summed E-state index contributed by atoms with van der Waals surface area (Å²) in [4.78, 5) is 24.9. The Balaban J connectivity index is 2.98. The number of hydrogen-bond donors (Lipinski definition) is 1. The monoisotopic (exact) mass is 249 g/mol. The molecule has 0 aromatic carbocycles. The van der Waals surface area contributed by atoms with Crippen LogP contribution >= 0.6 is 0 Å². The number of aromatic nitrogens is 2. The zero-order valence-electron chi connectivity index (χ0n) is 11.0. The van der Waals surface area contributed by atoms with Crippen LogP contribution in [0.15, 0.2) is 29.6 Å². The summed E-state index contributed by atoms with van der Waals surface area (Å²) in [5.41, 5.74) is -0.0809. The Morgan fingerprint density at radius 3 is 2.61 bits per heavy atom. The number of carbonyl (C=O) groups is 1. The average Bonchev–Trinajstić information content (AvgIpc) is 2.35. The van der Waals surface area contributed by atoms with Gasteiger partial charge in [0.1, 0.15) is 5.69 Å². The zero-order valence-corrected chi connectivity index (χ0v) is 11.0. The van der Waals surface area contributed by atoms with Crippen molar-refractivity contribution < 1.29 is 4.79 Å². The van der Waals surface area contributed by atoms with Gasteiger partial charge in [-0.25, -0.2) is 5.10 Å². The number of aromatic amines is 1. The number of hydrogen-bond acceptors (Lipinski definition) is 3. The lowest BCUT2D eigenvalue weighted by Crippen LogP contribution is -2.42. The molecule has 1 N–H and O–H groups in total. The summed E-state index contributed by atoms with van der Waals surface area (Å²) in [7, 11) is 0. The van der Waals surface area contributed by atoms with Crippen molar-refractivity contribution in [2.75, 3.05) is 6.54 Å². The van der Waals surface area contributed by atoms with Crippen molar-refractivity contribution in [1.82, 2.24) is 15.1 Å². The first-order valence-corrected chi connectivity index (χ1v) is 5.95. The van der Waals surface area contributed by atoms with Crippen LogP contribution in [-0.2, 0) is 0 Å². The zero-order chi connectivity index (χ0) is 13.7. The Bertz CT molecular complexity index is 459. The molecule has 0 bridgehead atoms. The van der Waals surface area contributed by atoms with Crippen LogP contribution in [0.3, 0.4) is 0 Å². The molecule has 0 spiro atoms. The molecular weight excluding hydrogens is 230 g/mol. The van der Waals surface area contributed by atoms with E-state index in [1.165, 1.54) is 12.1 Å². The van der Waals surface area contributed by atoms with E-state index in [4.69, 9.17) is 0 Å². The number of nitrogens with one attached hydrogen (secondary N) is 1. The number of carbonyl (C=O) groups excluding carboxylic acids is 1. The van der Waals surface area contributed by atoms with Crippen molar-refractivity contribution >= 4 is 5.91 Å². The standard InChI is InChI=1S/C13H19N3O2/c1-5-8-16(10(4)9(2)3)13(18)11-6-7-12(17)15-14-11/h5-7,9-10H,1,8H2,2-4H3,(H,15,17). The van der Waals surface area contributed by atoms with E-state index in [0.717, 1.165) is 0 Å². The second-order valence-electron chi connectivity index (χ2n) is 4.54. The van der Waals surface area contributed by atoms with Crippen molar-refractivity contribution in [3.63, 3.8) is 0 Å². The number of rotatable bonds is 5. The first-order valence-electron chi connectivity index (χ1n) is 5.95. The Kier molecular flexibility index (Phi) is 4.83. The molecule has 0 aliphatic rings. The fraction of sp³-hybridized carbons (Fsp3) is 0.462. The minimum Gasteiger partial charge on any atom is -0.331 e. The summed E-state index contributed by atoms with van der Waals surface area (Å²) < 4.78 is 0. The summed E-state index contributed by atoms with van der Waals surface area (Å²) in [6.07, 6.45) is 1.68. The first-order chi connectivity index (χ1) is 8.47. The number of H-pyrrole nitrogens is 1. The molecule has 0 fully saturated rings. The molecule has 0 radical (unpaired) electrons. The normalized spacial score (nSPS) is 12.2.